The number of thiazole rings is 1. The van der Waals surface area contributed by atoms with E-state index in [1.54, 1.807) is 12.4 Å². The van der Waals surface area contributed by atoms with Crippen molar-refractivity contribution in [1.82, 2.24) is 19.5 Å². The van der Waals surface area contributed by atoms with E-state index in [1.807, 2.05) is 11.4 Å². The van der Waals surface area contributed by atoms with Crippen LogP contribution in [-0.4, -0.2) is 26.1 Å². The zero-order valence-corrected chi connectivity index (χ0v) is 12.6. The molecule has 1 aromatic heterocycles. The lowest BCUT2D eigenvalue weighted by Gasteiger charge is -2.13. The molecule has 0 aromatic carbocycles. The molecule has 6 nitrogen and oxygen atoms in total. The van der Waals surface area contributed by atoms with E-state index in [0.717, 1.165) is 34.8 Å². The van der Waals surface area contributed by atoms with Crippen molar-refractivity contribution < 1.29 is 0 Å². The maximum atomic E-state index is 4.55. The second-order valence-corrected chi connectivity index (χ2v) is 6.02. The van der Waals surface area contributed by atoms with Crippen molar-refractivity contribution in [3.63, 3.8) is 0 Å². The monoisotopic (exact) mass is 348 g/mol. The molecule has 20 heavy (non-hydrogen) atoms. The molecule has 0 saturated carbocycles. The van der Waals surface area contributed by atoms with Crippen LogP contribution in [0.2, 0.25) is 0 Å². The average Bonchev–Trinajstić information content (AvgIpc) is 3.10. The molecule has 0 saturated heterocycles. The SMILES string of the molecule is Brc1cc2cnc(=Nc3nccs3)nc-2n2c1NCC2. The number of halogens is 1. The van der Waals surface area contributed by atoms with Crippen molar-refractivity contribution in [2.75, 3.05) is 11.9 Å². The quantitative estimate of drug-likeness (QED) is 0.732. The van der Waals surface area contributed by atoms with Crippen LogP contribution < -0.4 is 10.9 Å². The number of hydrogen-bond donors (Lipinski definition) is 1. The van der Waals surface area contributed by atoms with E-state index in [1.165, 1.54) is 11.3 Å². The first-order valence-electron chi connectivity index (χ1n) is 6.05. The number of aromatic nitrogens is 4. The Balaban J connectivity index is 1.96. The molecule has 1 aromatic rings. The van der Waals surface area contributed by atoms with Crippen LogP contribution in [0.1, 0.15) is 0 Å². The number of nitrogens with zero attached hydrogens (tertiary/aromatic N) is 5. The summed E-state index contributed by atoms with van der Waals surface area (Å²) in [7, 11) is 0. The van der Waals surface area contributed by atoms with Gasteiger partial charge in [-0.25, -0.2) is 9.97 Å². The summed E-state index contributed by atoms with van der Waals surface area (Å²) < 4.78 is 3.16. The Morgan fingerprint density at radius 3 is 3.20 bits per heavy atom. The molecule has 8 heteroatoms. The highest BCUT2D eigenvalue weighted by Gasteiger charge is 2.19. The van der Waals surface area contributed by atoms with Crippen molar-refractivity contribution in [2.45, 2.75) is 6.54 Å². The van der Waals surface area contributed by atoms with Gasteiger partial charge in [0.05, 0.1) is 4.47 Å². The van der Waals surface area contributed by atoms with Crippen molar-refractivity contribution in [1.29, 1.82) is 0 Å². The van der Waals surface area contributed by atoms with Gasteiger partial charge in [0.1, 0.15) is 11.6 Å². The summed E-state index contributed by atoms with van der Waals surface area (Å²) in [6, 6.07) is 2.02. The molecule has 3 aliphatic heterocycles. The topological polar surface area (TPSA) is 68.0 Å². The molecule has 0 atom stereocenters. The molecule has 100 valence electrons. The van der Waals surface area contributed by atoms with E-state index in [-0.39, 0.29) is 0 Å². The first kappa shape index (κ1) is 12.0. The number of rotatable bonds is 1. The van der Waals surface area contributed by atoms with Gasteiger partial charge >= 0.3 is 0 Å². The number of nitrogens with one attached hydrogen (secondary N) is 1. The fourth-order valence-corrected chi connectivity index (χ4v) is 3.33. The van der Waals surface area contributed by atoms with Crippen molar-refractivity contribution in [3.8, 4) is 11.4 Å². The zero-order valence-electron chi connectivity index (χ0n) is 10.2. The zero-order chi connectivity index (χ0) is 13.5. The van der Waals surface area contributed by atoms with Gasteiger partial charge in [-0.3, -0.25) is 0 Å². The van der Waals surface area contributed by atoms with Crippen LogP contribution in [0, 0.1) is 0 Å². The fraction of sp³-hybridized carbons (Fsp3) is 0.167. The van der Waals surface area contributed by atoms with E-state index >= 15 is 0 Å². The number of hydrogen-bond acceptors (Lipinski definition) is 6. The Morgan fingerprint density at radius 1 is 1.40 bits per heavy atom. The highest BCUT2D eigenvalue weighted by molar-refractivity contribution is 9.10. The first-order chi connectivity index (χ1) is 9.81. The van der Waals surface area contributed by atoms with Gasteiger partial charge in [-0.05, 0) is 22.0 Å². The minimum atomic E-state index is 0.441. The predicted octanol–water partition coefficient (Wildman–Crippen LogP) is 2.26. The minimum Gasteiger partial charge on any atom is -0.369 e. The highest BCUT2D eigenvalue weighted by Crippen LogP contribution is 2.33. The summed E-state index contributed by atoms with van der Waals surface area (Å²) in [5.74, 6) is 1.94. The molecule has 0 unspecified atom stereocenters. The van der Waals surface area contributed by atoms with E-state index < -0.39 is 0 Å². The van der Waals surface area contributed by atoms with E-state index in [9.17, 15) is 0 Å². The van der Waals surface area contributed by atoms with Crippen molar-refractivity contribution in [2.24, 2.45) is 4.99 Å². The Kier molecular flexibility index (Phi) is 2.78. The molecule has 4 heterocycles. The molecule has 0 fully saturated rings. The number of fused-ring (bicyclic) bond motifs is 3. The van der Waals surface area contributed by atoms with Crippen LogP contribution in [0.4, 0.5) is 10.9 Å². The molecule has 0 bridgehead atoms. The van der Waals surface area contributed by atoms with E-state index in [4.69, 9.17) is 0 Å². The molecule has 3 aliphatic rings. The lowest BCUT2D eigenvalue weighted by atomic mass is 10.2. The summed E-state index contributed by atoms with van der Waals surface area (Å²) in [6.45, 7) is 1.79. The molecule has 4 rings (SSSR count). The third kappa shape index (κ3) is 1.92. The number of pyridine rings is 1. The Labute approximate surface area is 126 Å². The van der Waals surface area contributed by atoms with Gasteiger partial charge in [0, 0.05) is 36.4 Å². The van der Waals surface area contributed by atoms with Gasteiger partial charge in [0.25, 0.3) is 5.62 Å². The largest absolute Gasteiger partial charge is 0.369 e. The summed E-state index contributed by atoms with van der Waals surface area (Å²) in [6.07, 6.45) is 3.52. The Hall–Kier alpha value is -1.80. The standard InChI is InChI=1S/C12H9BrN6S/c13-8-5-7-6-16-11(18-12-15-2-4-20-12)17-9(7)19-3-1-14-10(8)19/h2,4-6,14H,1,3H2. The lowest BCUT2D eigenvalue weighted by Crippen LogP contribution is -2.17. The molecular weight excluding hydrogens is 340 g/mol. The molecule has 1 N–H and O–H groups in total. The van der Waals surface area contributed by atoms with Gasteiger partial charge in [-0.1, -0.05) is 0 Å². The Bertz CT molecular complexity index is 809. The van der Waals surface area contributed by atoms with E-state index in [2.05, 4.69) is 45.8 Å². The molecular formula is C12H9BrN6S. The van der Waals surface area contributed by atoms with Crippen LogP contribution in [0.5, 0.6) is 0 Å². The van der Waals surface area contributed by atoms with Crippen LogP contribution in [0.25, 0.3) is 11.4 Å². The normalized spacial score (nSPS) is 14.6. The molecule has 0 amide bonds. The lowest BCUT2D eigenvalue weighted by molar-refractivity contribution is 0.778. The summed E-state index contributed by atoms with van der Waals surface area (Å²) in [4.78, 5) is 17.3. The van der Waals surface area contributed by atoms with Crippen LogP contribution in [-0.2, 0) is 6.54 Å². The summed E-state index contributed by atoms with van der Waals surface area (Å²) in [5, 5.41) is 5.89. The van der Waals surface area contributed by atoms with Gasteiger partial charge in [-0.15, -0.1) is 11.3 Å². The van der Waals surface area contributed by atoms with Gasteiger partial charge in [0.2, 0.25) is 5.13 Å². The third-order valence-electron chi connectivity index (χ3n) is 3.06. The van der Waals surface area contributed by atoms with Crippen molar-refractivity contribution in [3.05, 3.63) is 33.9 Å². The fourth-order valence-electron chi connectivity index (χ4n) is 2.23. The van der Waals surface area contributed by atoms with Crippen LogP contribution in [0.15, 0.2) is 33.3 Å². The van der Waals surface area contributed by atoms with Crippen molar-refractivity contribution >= 4 is 38.2 Å². The van der Waals surface area contributed by atoms with Gasteiger partial charge in [-0.2, -0.15) is 9.98 Å². The summed E-state index contributed by atoms with van der Waals surface area (Å²) >= 11 is 5.03. The molecule has 0 aliphatic carbocycles. The van der Waals surface area contributed by atoms with Gasteiger partial charge < -0.3 is 9.88 Å². The molecule has 0 radical (unpaired) electrons. The first-order valence-corrected chi connectivity index (χ1v) is 7.73. The third-order valence-corrected chi connectivity index (χ3v) is 4.33. The smallest absolute Gasteiger partial charge is 0.254 e. The number of anilines is 1. The van der Waals surface area contributed by atoms with Gasteiger partial charge in [0.15, 0.2) is 0 Å². The van der Waals surface area contributed by atoms with Crippen LogP contribution >= 0.6 is 27.3 Å². The van der Waals surface area contributed by atoms with E-state index in [0.29, 0.717) is 10.7 Å². The second kappa shape index (κ2) is 4.64. The summed E-state index contributed by atoms with van der Waals surface area (Å²) in [5.41, 5.74) is 1.43. The average molecular weight is 349 g/mol. The predicted molar refractivity (Wildman–Crippen MR) is 80.2 cm³/mol. The Morgan fingerprint density at radius 2 is 2.35 bits per heavy atom. The molecule has 0 spiro atoms. The maximum absolute atomic E-state index is 4.55. The highest BCUT2D eigenvalue weighted by atomic mass is 79.9. The minimum absolute atomic E-state index is 0.441. The van der Waals surface area contributed by atoms with Crippen LogP contribution in [0.3, 0.4) is 0 Å². The maximum Gasteiger partial charge on any atom is 0.254 e. The second-order valence-electron chi connectivity index (χ2n) is 4.29.